The molecule has 0 aliphatic rings. The van der Waals surface area contributed by atoms with Crippen LogP contribution >= 0.6 is 12.2 Å². The van der Waals surface area contributed by atoms with E-state index in [0.29, 0.717) is 23.7 Å². The molecular formula is C9H9N5OS. The summed E-state index contributed by atoms with van der Waals surface area (Å²) in [6.07, 6.45) is 3.11. The molecule has 0 saturated carbocycles. The molecule has 16 heavy (non-hydrogen) atoms. The fourth-order valence-corrected chi connectivity index (χ4v) is 1.33. The highest BCUT2D eigenvalue weighted by Crippen LogP contribution is 2.11. The van der Waals surface area contributed by atoms with E-state index in [1.165, 1.54) is 6.20 Å². The van der Waals surface area contributed by atoms with Gasteiger partial charge in [0.15, 0.2) is 11.6 Å². The number of aromatic nitrogens is 3. The number of nitrogens with zero attached hydrogens (tertiary/aromatic N) is 3. The van der Waals surface area contributed by atoms with Crippen LogP contribution in [0.2, 0.25) is 0 Å². The van der Waals surface area contributed by atoms with E-state index in [-0.39, 0.29) is 4.99 Å². The highest BCUT2D eigenvalue weighted by Gasteiger charge is 2.07. The number of nitrogens with one attached hydrogen (secondary N) is 1. The van der Waals surface area contributed by atoms with E-state index in [1.807, 2.05) is 0 Å². The molecule has 2 aromatic rings. The maximum atomic E-state index is 5.55. The first-order valence-corrected chi connectivity index (χ1v) is 4.93. The fraction of sp³-hybridized carbons (Fsp3) is 0.111. The molecule has 0 aliphatic carbocycles. The molecule has 2 rings (SSSR count). The average molecular weight is 235 g/mol. The smallest absolute Gasteiger partial charge is 0.159 e. The Labute approximate surface area is 96.8 Å². The molecule has 2 aromatic heterocycles. The SMILES string of the molecule is NC(=S)c1ccnnc1NCc1ccno1. The quantitative estimate of drug-likeness (QED) is 0.754. The minimum absolute atomic E-state index is 0.273. The lowest BCUT2D eigenvalue weighted by atomic mass is 10.3. The molecule has 6 nitrogen and oxygen atoms in total. The molecule has 7 heteroatoms. The van der Waals surface area contributed by atoms with Gasteiger partial charge in [0.25, 0.3) is 0 Å². The standard InChI is InChI=1S/C9H9N5OS/c10-8(16)7-2-3-12-14-9(7)11-5-6-1-4-13-15-6/h1-4H,5H2,(H2,10,16)(H,11,14). The predicted molar refractivity (Wildman–Crippen MR) is 61.7 cm³/mol. The minimum Gasteiger partial charge on any atom is -0.389 e. The molecule has 0 fully saturated rings. The molecule has 0 aliphatic heterocycles. The Kier molecular flexibility index (Phi) is 3.06. The van der Waals surface area contributed by atoms with Gasteiger partial charge >= 0.3 is 0 Å². The van der Waals surface area contributed by atoms with Crippen molar-refractivity contribution in [2.24, 2.45) is 5.73 Å². The second-order valence-corrected chi connectivity index (χ2v) is 3.43. The van der Waals surface area contributed by atoms with E-state index in [9.17, 15) is 0 Å². The second kappa shape index (κ2) is 4.67. The van der Waals surface area contributed by atoms with Crippen LogP contribution in [-0.2, 0) is 6.54 Å². The first-order chi connectivity index (χ1) is 7.77. The topological polar surface area (TPSA) is 89.9 Å². The summed E-state index contributed by atoms with van der Waals surface area (Å²) >= 11 is 4.90. The van der Waals surface area contributed by atoms with Crippen molar-refractivity contribution in [3.8, 4) is 0 Å². The monoisotopic (exact) mass is 235 g/mol. The van der Waals surface area contributed by atoms with E-state index in [4.69, 9.17) is 22.5 Å². The maximum absolute atomic E-state index is 5.55. The normalized spacial score (nSPS) is 10.0. The highest BCUT2D eigenvalue weighted by molar-refractivity contribution is 7.80. The molecule has 0 unspecified atom stereocenters. The number of hydrogen-bond acceptors (Lipinski definition) is 6. The van der Waals surface area contributed by atoms with Crippen LogP contribution in [0.25, 0.3) is 0 Å². The van der Waals surface area contributed by atoms with Crippen molar-refractivity contribution < 1.29 is 4.52 Å². The summed E-state index contributed by atoms with van der Waals surface area (Å²) in [5.41, 5.74) is 6.21. The van der Waals surface area contributed by atoms with Crippen LogP contribution in [-0.4, -0.2) is 20.3 Å². The van der Waals surface area contributed by atoms with Gasteiger partial charge in [-0.3, -0.25) is 0 Å². The van der Waals surface area contributed by atoms with Crippen LogP contribution in [0.1, 0.15) is 11.3 Å². The zero-order valence-corrected chi connectivity index (χ0v) is 9.07. The molecule has 0 amide bonds. The van der Waals surface area contributed by atoms with E-state index in [1.54, 1.807) is 18.3 Å². The highest BCUT2D eigenvalue weighted by atomic mass is 32.1. The van der Waals surface area contributed by atoms with Crippen LogP contribution in [0.4, 0.5) is 5.82 Å². The Morgan fingerprint density at radius 1 is 1.44 bits per heavy atom. The molecule has 0 spiro atoms. The van der Waals surface area contributed by atoms with Crippen molar-refractivity contribution in [1.29, 1.82) is 0 Å². The summed E-state index contributed by atoms with van der Waals surface area (Å²) in [6, 6.07) is 3.46. The van der Waals surface area contributed by atoms with Crippen LogP contribution in [0.5, 0.6) is 0 Å². The Balaban J connectivity index is 2.12. The summed E-state index contributed by atoms with van der Waals surface area (Å²) < 4.78 is 4.93. The summed E-state index contributed by atoms with van der Waals surface area (Å²) in [6.45, 7) is 0.453. The lowest BCUT2D eigenvalue weighted by molar-refractivity contribution is 0.388. The van der Waals surface area contributed by atoms with Crippen molar-refractivity contribution >= 4 is 23.0 Å². The molecule has 0 bridgehead atoms. The van der Waals surface area contributed by atoms with Gasteiger partial charge in [0.05, 0.1) is 24.5 Å². The third-order valence-electron chi connectivity index (χ3n) is 1.91. The van der Waals surface area contributed by atoms with E-state index in [2.05, 4.69) is 20.7 Å². The number of thiocarbonyl (C=S) groups is 1. The summed E-state index contributed by atoms with van der Waals surface area (Å²) in [5, 5.41) is 14.3. The number of rotatable bonds is 4. The largest absolute Gasteiger partial charge is 0.389 e. The molecule has 0 atom stereocenters. The lowest BCUT2D eigenvalue weighted by Gasteiger charge is -2.06. The maximum Gasteiger partial charge on any atom is 0.159 e. The summed E-state index contributed by atoms with van der Waals surface area (Å²) in [4.78, 5) is 0.273. The average Bonchev–Trinajstić information content (AvgIpc) is 2.79. The summed E-state index contributed by atoms with van der Waals surface area (Å²) in [7, 11) is 0. The van der Waals surface area contributed by atoms with Gasteiger partial charge in [-0.1, -0.05) is 17.4 Å². The number of hydrogen-bond donors (Lipinski definition) is 2. The van der Waals surface area contributed by atoms with E-state index in [0.717, 1.165) is 0 Å². The molecule has 0 radical (unpaired) electrons. The van der Waals surface area contributed by atoms with Crippen molar-refractivity contribution in [2.45, 2.75) is 6.54 Å². The van der Waals surface area contributed by atoms with Gasteiger partial charge < -0.3 is 15.6 Å². The van der Waals surface area contributed by atoms with Crippen molar-refractivity contribution in [3.63, 3.8) is 0 Å². The Morgan fingerprint density at radius 2 is 2.31 bits per heavy atom. The van der Waals surface area contributed by atoms with Gasteiger partial charge in [-0.15, -0.1) is 5.10 Å². The van der Waals surface area contributed by atoms with Crippen molar-refractivity contribution in [1.82, 2.24) is 15.4 Å². The van der Waals surface area contributed by atoms with E-state index >= 15 is 0 Å². The zero-order valence-electron chi connectivity index (χ0n) is 8.25. The van der Waals surface area contributed by atoms with Crippen molar-refractivity contribution in [2.75, 3.05) is 5.32 Å². The number of anilines is 1. The molecule has 82 valence electrons. The van der Waals surface area contributed by atoms with Gasteiger partial charge in [0.1, 0.15) is 4.99 Å². The summed E-state index contributed by atoms with van der Waals surface area (Å²) in [5.74, 6) is 1.23. The first-order valence-electron chi connectivity index (χ1n) is 4.52. The Bertz CT molecular complexity index is 484. The Hall–Kier alpha value is -2.02. The second-order valence-electron chi connectivity index (χ2n) is 2.99. The van der Waals surface area contributed by atoms with Crippen LogP contribution in [0, 0.1) is 0 Å². The van der Waals surface area contributed by atoms with Gasteiger partial charge in [-0.2, -0.15) is 5.10 Å². The van der Waals surface area contributed by atoms with Crippen LogP contribution in [0.15, 0.2) is 29.0 Å². The third-order valence-corrected chi connectivity index (χ3v) is 2.13. The number of nitrogens with two attached hydrogens (primary N) is 1. The third kappa shape index (κ3) is 2.31. The Morgan fingerprint density at radius 3 is 3.00 bits per heavy atom. The molecule has 0 aromatic carbocycles. The van der Waals surface area contributed by atoms with Crippen LogP contribution in [0.3, 0.4) is 0 Å². The molecule has 0 saturated heterocycles. The molecule has 2 heterocycles. The zero-order chi connectivity index (χ0) is 11.4. The molecule has 3 N–H and O–H groups in total. The van der Waals surface area contributed by atoms with Crippen LogP contribution < -0.4 is 11.1 Å². The molecular weight excluding hydrogens is 226 g/mol. The van der Waals surface area contributed by atoms with Gasteiger partial charge in [-0.05, 0) is 6.07 Å². The van der Waals surface area contributed by atoms with Gasteiger partial charge in [0, 0.05) is 6.07 Å². The fourth-order valence-electron chi connectivity index (χ4n) is 1.17. The minimum atomic E-state index is 0.273. The first kappa shape index (κ1) is 10.5. The van der Waals surface area contributed by atoms with Crippen molar-refractivity contribution in [3.05, 3.63) is 35.9 Å². The lowest BCUT2D eigenvalue weighted by Crippen LogP contribution is -2.14. The van der Waals surface area contributed by atoms with E-state index < -0.39 is 0 Å². The van der Waals surface area contributed by atoms with Gasteiger partial charge in [0.2, 0.25) is 0 Å². The van der Waals surface area contributed by atoms with Gasteiger partial charge in [-0.25, -0.2) is 0 Å². The predicted octanol–water partition coefficient (Wildman–Crippen LogP) is 0.711.